The summed E-state index contributed by atoms with van der Waals surface area (Å²) in [5, 5.41) is 2.84. The van der Waals surface area contributed by atoms with Crippen LogP contribution in [0.5, 0.6) is 0 Å². The van der Waals surface area contributed by atoms with Gasteiger partial charge in [0.1, 0.15) is 5.82 Å². The molecule has 1 aliphatic carbocycles. The van der Waals surface area contributed by atoms with Gasteiger partial charge in [-0.15, -0.1) is 0 Å². The second-order valence-corrected chi connectivity index (χ2v) is 5.92. The van der Waals surface area contributed by atoms with Gasteiger partial charge in [0, 0.05) is 11.0 Å². The molecule has 18 heavy (non-hydrogen) atoms. The van der Waals surface area contributed by atoms with E-state index in [1.807, 2.05) is 0 Å². The second kappa shape index (κ2) is 5.83. The number of benzene rings is 1. The van der Waals surface area contributed by atoms with Gasteiger partial charge >= 0.3 is 0 Å². The van der Waals surface area contributed by atoms with Crippen LogP contribution >= 0.6 is 15.9 Å². The summed E-state index contributed by atoms with van der Waals surface area (Å²) in [6.07, 6.45) is 3.61. The number of nitrogens with one attached hydrogen (secondary N) is 1. The Morgan fingerprint density at radius 1 is 1.50 bits per heavy atom. The minimum atomic E-state index is -0.477. The molecule has 1 fully saturated rings. The van der Waals surface area contributed by atoms with Gasteiger partial charge in [-0.2, -0.15) is 0 Å². The number of carbonyl (C=O) groups excluding carboxylic acids is 1. The van der Waals surface area contributed by atoms with E-state index in [4.69, 9.17) is 0 Å². The number of hydrogen-bond donors (Lipinski definition) is 1. The molecule has 2 rings (SSSR count). The topological polar surface area (TPSA) is 29.1 Å². The van der Waals surface area contributed by atoms with E-state index >= 15 is 0 Å². The van der Waals surface area contributed by atoms with Crippen molar-refractivity contribution in [2.45, 2.75) is 26.2 Å². The highest BCUT2D eigenvalue weighted by Crippen LogP contribution is 2.30. The molecule has 0 radical (unpaired) electrons. The van der Waals surface area contributed by atoms with E-state index in [-0.39, 0.29) is 11.5 Å². The van der Waals surface area contributed by atoms with E-state index in [0.29, 0.717) is 22.9 Å². The summed E-state index contributed by atoms with van der Waals surface area (Å²) in [7, 11) is 0. The van der Waals surface area contributed by atoms with Crippen molar-refractivity contribution < 1.29 is 9.18 Å². The lowest BCUT2D eigenvalue weighted by molar-refractivity contribution is 0.0940. The Morgan fingerprint density at radius 3 is 2.94 bits per heavy atom. The van der Waals surface area contributed by atoms with Gasteiger partial charge in [0.2, 0.25) is 0 Å². The fourth-order valence-electron chi connectivity index (χ4n) is 2.52. The Morgan fingerprint density at radius 2 is 2.28 bits per heavy atom. The Balaban J connectivity index is 1.97. The van der Waals surface area contributed by atoms with E-state index in [9.17, 15) is 9.18 Å². The van der Waals surface area contributed by atoms with Crippen LogP contribution in [-0.4, -0.2) is 12.5 Å². The number of rotatable bonds is 3. The third kappa shape index (κ3) is 3.10. The summed E-state index contributed by atoms with van der Waals surface area (Å²) >= 11 is 3.24. The number of hydrogen-bond acceptors (Lipinski definition) is 1. The molecule has 0 saturated heterocycles. The summed E-state index contributed by atoms with van der Waals surface area (Å²) in [6, 6.07) is 4.41. The molecule has 1 amide bonds. The molecule has 1 N–H and O–H groups in total. The van der Waals surface area contributed by atoms with Crippen molar-refractivity contribution in [1.82, 2.24) is 5.32 Å². The standard InChI is InChI=1S/C14H17BrFNO/c1-9-3-2-4-10(9)8-17-14(18)12-7-11(15)5-6-13(12)16/h5-7,9-10H,2-4,8H2,1H3,(H,17,18). The highest BCUT2D eigenvalue weighted by Gasteiger charge is 2.24. The van der Waals surface area contributed by atoms with Crippen molar-refractivity contribution in [2.75, 3.05) is 6.54 Å². The van der Waals surface area contributed by atoms with E-state index in [0.717, 1.165) is 6.42 Å². The average Bonchev–Trinajstić information content (AvgIpc) is 2.75. The van der Waals surface area contributed by atoms with Gasteiger partial charge < -0.3 is 5.32 Å². The second-order valence-electron chi connectivity index (χ2n) is 5.00. The van der Waals surface area contributed by atoms with Crippen LogP contribution in [0.25, 0.3) is 0 Å². The van der Waals surface area contributed by atoms with Crippen LogP contribution in [0, 0.1) is 17.7 Å². The zero-order valence-corrected chi connectivity index (χ0v) is 12.0. The number of carbonyl (C=O) groups is 1. The first-order valence-electron chi connectivity index (χ1n) is 6.31. The normalized spacial score (nSPS) is 23.1. The van der Waals surface area contributed by atoms with Gasteiger partial charge in [0.25, 0.3) is 5.91 Å². The molecule has 98 valence electrons. The maximum absolute atomic E-state index is 13.5. The Labute approximate surface area is 115 Å². The van der Waals surface area contributed by atoms with Crippen LogP contribution in [0.15, 0.2) is 22.7 Å². The van der Waals surface area contributed by atoms with E-state index in [2.05, 4.69) is 28.2 Å². The van der Waals surface area contributed by atoms with Gasteiger partial charge in [-0.25, -0.2) is 4.39 Å². The molecule has 0 aromatic heterocycles. The maximum Gasteiger partial charge on any atom is 0.254 e. The maximum atomic E-state index is 13.5. The van der Waals surface area contributed by atoms with Gasteiger partial charge in [-0.1, -0.05) is 35.7 Å². The minimum Gasteiger partial charge on any atom is -0.352 e. The van der Waals surface area contributed by atoms with Crippen molar-refractivity contribution in [1.29, 1.82) is 0 Å². The predicted molar refractivity (Wildman–Crippen MR) is 72.9 cm³/mol. The SMILES string of the molecule is CC1CCCC1CNC(=O)c1cc(Br)ccc1F. The van der Waals surface area contributed by atoms with Gasteiger partial charge in [0.05, 0.1) is 5.56 Å². The molecule has 1 aromatic carbocycles. The van der Waals surface area contributed by atoms with Crippen LogP contribution in [0.3, 0.4) is 0 Å². The summed E-state index contributed by atoms with van der Waals surface area (Å²) in [6.45, 7) is 2.86. The quantitative estimate of drug-likeness (QED) is 0.904. The number of halogens is 2. The summed E-state index contributed by atoms with van der Waals surface area (Å²) < 4.78 is 14.2. The largest absolute Gasteiger partial charge is 0.352 e. The molecule has 0 bridgehead atoms. The van der Waals surface area contributed by atoms with Gasteiger partial charge in [0.15, 0.2) is 0 Å². The van der Waals surface area contributed by atoms with Crippen LogP contribution in [0.2, 0.25) is 0 Å². The highest BCUT2D eigenvalue weighted by molar-refractivity contribution is 9.10. The molecule has 2 nitrogen and oxygen atoms in total. The van der Waals surface area contributed by atoms with E-state index in [1.165, 1.54) is 25.0 Å². The minimum absolute atomic E-state index is 0.107. The first-order valence-corrected chi connectivity index (χ1v) is 7.10. The Hall–Kier alpha value is -0.900. The zero-order chi connectivity index (χ0) is 13.1. The van der Waals surface area contributed by atoms with E-state index < -0.39 is 5.82 Å². The first-order chi connectivity index (χ1) is 8.58. The fourth-order valence-corrected chi connectivity index (χ4v) is 2.88. The van der Waals surface area contributed by atoms with Gasteiger partial charge in [-0.05, 0) is 36.5 Å². The van der Waals surface area contributed by atoms with Crippen molar-refractivity contribution in [2.24, 2.45) is 11.8 Å². The molecular formula is C14H17BrFNO. The van der Waals surface area contributed by atoms with Gasteiger partial charge in [-0.3, -0.25) is 4.79 Å². The van der Waals surface area contributed by atoms with Crippen LogP contribution < -0.4 is 5.32 Å². The monoisotopic (exact) mass is 313 g/mol. The predicted octanol–water partition coefficient (Wildman–Crippen LogP) is 3.75. The lowest BCUT2D eigenvalue weighted by Crippen LogP contribution is -2.30. The Kier molecular flexibility index (Phi) is 4.38. The third-order valence-electron chi connectivity index (χ3n) is 3.74. The van der Waals surface area contributed by atoms with Crippen molar-refractivity contribution in [3.05, 3.63) is 34.1 Å². The van der Waals surface area contributed by atoms with Crippen LogP contribution in [0.1, 0.15) is 36.5 Å². The lowest BCUT2D eigenvalue weighted by atomic mass is 9.98. The average molecular weight is 314 g/mol. The molecule has 2 atom stereocenters. The first kappa shape index (κ1) is 13.5. The highest BCUT2D eigenvalue weighted by atomic mass is 79.9. The zero-order valence-electron chi connectivity index (χ0n) is 10.4. The summed E-state index contributed by atoms with van der Waals surface area (Å²) in [5.41, 5.74) is 0.107. The fraction of sp³-hybridized carbons (Fsp3) is 0.500. The molecule has 0 heterocycles. The molecular weight excluding hydrogens is 297 g/mol. The van der Waals surface area contributed by atoms with Crippen LogP contribution in [-0.2, 0) is 0 Å². The molecule has 0 aliphatic heterocycles. The molecule has 2 unspecified atom stereocenters. The van der Waals surface area contributed by atoms with Crippen molar-refractivity contribution in [3.63, 3.8) is 0 Å². The Bertz CT molecular complexity index is 449. The molecule has 4 heteroatoms. The molecule has 1 aromatic rings. The smallest absolute Gasteiger partial charge is 0.254 e. The van der Waals surface area contributed by atoms with Crippen molar-refractivity contribution >= 4 is 21.8 Å². The molecule has 0 spiro atoms. The van der Waals surface area contributed by atoms with Crippen molar-refractivity contribution in [3.8, 4) is 0 Å². The molecule has 1 aliphatic rings. The number of amides is 1. The van der Waals surface area contributed by atoms with E-state index in [1.54, 1.807) is 6.07 Å². The molecule has 1 saturated carbocycles. The third-order valence-corrected chi connectivity index (χ3v) is 4.23. The lowest BCUT2D eigenvalue weighted by Gasteiger charge is -2.16. The summed E-state index contributed by atoms with van der Waals surface area (Å²) in [5.74, 6) is 0.380. The van der Waals surface area contributed by atoms with Crippen LogP contribution in [0.4, 0.5) is 4.39 Å². The summed E-state index contributed by atoms with van der Waals surface area (Å²) in [4.78, 5) is 11.9.